The lowest BCUT2D eigenvalue weighted by Gasteiger charge is -2.39. The van der Waals surface area contributed by atoms with Crippen LogP contribution in [-0.4, -0.2) is 0 Å². The number of alkyl halides is 2. The molecule has 1 atom stereocenters. The van der Waals surface area contributed by atoms with Crippen LogP contribution in [0.15, 0.2) is 6.07 Å². The zero-order valence-corrected chi connectivity index (χ0v) is 15.5. The molecule has 0 bridgehead atoms. The Bertz CT molecular complexity index is 667. The van der Waals surface area contributed by atoms with E-state index in [2.05, 4.69) is 0 Å². The number of fused-ring (bicyclic) bond motifs is 1. The summed E-state index contributed by atoms with van der Waals surface area (Å²) >= 11 is 0. The normalized spacial score (nSPS) is 31.8. The van der Waals surface area contributed by atoms with Crippen molar-refractivity contribution in [3.63, 3.8) is 0 Å². The fourth-order valence-electron chi connectivity index (χ4n) is 5.98. The molecule has 0 saturated heterocycles. The van der Waals surface area contributed by atoms with Gasteiger partial charge in [-0.25, -0.2) is 17.6 Å². The SMILES string of the molecule is Cc1cc2c(c(F)c1F)C(F)(F)C(C1CCC(C3CCCCC3)CC1)C2. The molecule has 1 unspecified atom stereocenters. The molecule has 0 aliphatic heterocycles. The van der Waals surface area contributed by atoms with Crippen molar-refractivity contribution in [1.82, 2.24) is 0 Å². The molecule has 4 rings (SSSR count). The van der Waals surface area contributed by atoms with Crippen molar-refractivity contribution >= 4 is 0 Å². The first-order valence-corrected chi connectivity index (χ1v) is 10.2. The van der Waals surface area contributed by atoms with Crippen LogP contribution in [0.5, 0.6) is 0 Å². The van der Waals surface area contributed by atoms with E-state index in [0.717, 1.165) is 31.6 Å². The minimum absolute atomic E-state index is 0.0833. The molecule has 4 heteroatoms. The lowest BCUT2D eigenvalue weighted by Crippen LogP contribution is -2.33. The first-order valence-electron chi connectivity index (χ1n) is 10.2. The summed E-state index contributed by atoms with van der Waals surface area (Å²) in [4.78, 5) is 0. The second kappa shape index (κ2) is 6.83. The van der Waals surface area contributed by atoms with Gasteiger partial charge in [-0.3, -0.25) is 0 Å². The van der Waals surface area contributed by atoms with E-state index in [4.69, 9.17) is 0 Å². The third-order valence-electron chi connectivity index (χ3n) is 7.41. The number of rotatable bonds is 2. The van der Waals surface area contributed by atoms with Crippen molar-refractivity contribution in [3.8, 4) is 0 Å². The second-order valence-corrected chi connectivity index (χ2v) is 8.86. The van der Waals surface area contributed by atoms with Gasteiger partial charge >= 0.3 is 0 Å². The highest BCUT2D eigenvalue weighted by Crippen LogP contribution is 2.54. The Kier molecular flexibility index (Phi) is 4.81. The standard InChI is InChI=1S/C22H28F4/c1-13-11-17-12-18(22(25,26)19(17)21(24)20(13)23)16-9-7-15(8-10-16)14-5-3-2-4-6-14/h11,14-16,18H,2-10,12H2,1H3. The van der Waals surface area contributed by atoms with Crippen molar-refractivity contribution < 1.29 is 17.6 Å². The molecule has 0 N–H and O–H groups in total. The molecule has 0 amide bonds. The molecule has 2 fully saturated rings. The summed E-state index contributed by atoms with van der Waals surface area (Å²) in [5.41, 5.74) is -0.232. The molecule has 0 aromatic heterocycles. The Morgan fingerprint density at radius 3 is 2.04 bits per heavy atom. The summed E-state index contributed by atoms with van der Waals surface area (Å²) in [6, 6.07) is 1.43. The van der Waals surface area contributed by atoms with Crippen molar-refractivity contribution in [3.05, 3.63) is 34.4 Å². The zero-order chi connectivity index (χ0) is 18.5. The molecule has 2 saturated carbocycles. The average Bonchev–Trinajstić information content (AvgIpc) is 2.91. The lowest BCUT2D eigenvalue weighted by molar-refractivity contribution is -0.0855. The van der Waals surface area contributed by atoms with Gasteiger partial charge in [0, 0.05) is 5.92 Å². The molecule has 3 aliphatic rings. The molecule has 0 spiro atoms. The lowest BCUT2D eigenvalue weighted by atomic mass is 9.68. The minimum Gasteiger partial charge on any atom is -0.203 e. The predicted octanol–water partition coefficient (Wildman–Crippen LogP) is 6.92. The molecule has 0 radical (unpaired) electrons. The van der Waals surface area contributed by atoms with Crippen molar-refractivity contribution in [2.75, 3.05) is 0 Å². The van der Waals surface area contributed by atoms with Gasteiger partial charge in [0.15, 0.2) is 11.6 Å². The highest BCUT2D eigenvalue weighted by molar-refractivity contribution is 5.42. The van der Waals surface area contributed by atoms with Crippen molar-refractivity contribution in [2.24, 2.45) is 23.7 Å². The van der Waals surface area contributed by atoms with Gasteiger partial charge in [-0.05, 0) is 67.9 Å². The Labute approximate surface area is 153 Å². The van der Waals surface area contributed by atoms with E-state index < -0.39 is 29.0 Å². The van der Waals surface area contributed by atoms with Crippen LogP contribution >= 0.6 is 0 Å². The molecular weight excluding hydrogens is 340 g/mol. The number of benzene rings is 1. The van der Waals surface area contributed by atoms with E-state index in [9.17, 15) is 8.78 Å². The maximum Gasteiger partial charge on any atom is 0.279 e. The molecule has 1 aromatic carbocycles. The van der Waals surface area contributed by atoms with Crippen LogP contribution in [0.1, 0.15) is 74.5 Å². The fourth-order valence-corrected chi connectivity index (χ4v) is 5.98. The first-order chi connectivity index (χ1) is 12.4. The van der Waals surface area contributed by atoms with Crippen LogP contribution in [0.4, 0.5) is 17.6 Å². The molecule has 0 heterocycles. The van der Waals surface area contributed by atoms with Crippen LogP contribution in [0.2, 0.25) is 0 Å². The van der Waals surface area contributed by atoms with Gasteiger partial charge in [-0.2, -0.15) is 0 Å². The number of hydrogen-bond donors (Lipinski definition) is 0. The van der Waals surface area contributed by atoms with E-state index in [1.54, 1.807) is 0 Å². The van der Waals surface area contributed by atoms with Crippen LogP contribution in [0.25, 0.3) is 0 Å². The minimum atomic E-state index is -3.25. The quantitative estimate of drug-likeness (QED) is 0.497. The van der Waals surface area contributed by atoms with Crippen LogP contribution in [0, 0.1) is 42.2 Å². The third-order valence-corrected chi connectivity index (χ3v) is 7.41. The van der Waals surface area contributed by atoms with E-state index >= 15 is 8.78 Å². The highest BCUT2D eigenvalue weighted by atomic mass is 19.3. The van der Waals surface area contributed by atoms with Gasteiger partial charge in [0.2, 0.25) is 0 Å². The first kappa shape index (κ1) is 18.3. The summed E-state index contributed by atoms with van der Waals surface area (Å²) < 4.78 is 58.1. The van der Waals surface area contributed by atoms with Crippen molar-refractivity contribution in [2.45, 2.75) is 77.1 Å². The molecule has 3 aliphatic carbocycles. The Hall–Kier alpha value is -1.06. The highest BCUT2D eigenvalue weighted by Gasteiger charge is 2.54. The third kappa shape index (κ3) is 2.97. The monoisotopic (exact) mass is 368 g/mol. The number of halogens is 4. The van der Waals surface area contributed by atoms with E-state index in [1.807, 2.05) is 0 Å². The summed E-state index contributed by atoms with van der Waals surface area (Å²) in [5.74, 6) is -5.20. The van der Waals surface area contributed by atoms with Gasteiger partial charge in [0.25, 0.3) is 5.92 Å². The molecule has 0 nitrogen and oxygen atoms in total. The summed E-state index contributed by atoms with van der Waals surface area (Å²) in [7, 11) is 0. The number of hydrogen-bond acceptors (Lipinski definition) is 0. The molecule has 1 aromatic rings. The van der Waals surface area contributed by atoms with Crippen LogP contribution in [0.3, 0.4) is 0 Å². The second-order valence-electron chi connectivity index (χ2n) is 8.86. The zero-order valence-electron chi connectivity index (χ0n) is 15.5. The Balaban J connectivity index is 1.49. The van der Waals surface area contributed by atoms with Crippen LogP contribution in [-0.2, 0) is 12.3 Å². The van der Waals surface area contributed by atoms with E-state index in [0.29, 0.717) is 11.5 Å². The number of aryl methyl sites for hydroxylation is 1. The average molecular weight is 368 g/mol. The van der Waals surface area contributed by atoms with Gasteiger partial charge in [0.1, 0.15) is 0 Å². The molecule has 26 heavy (non-hydrogen) atoms. The molecule has 144 valence electrons. The summed E-state index contributed by atoms with van der Waals surface area (Å²) in [5, 5.41) is 0. The fraction of sp³-hybridized carbons (Fsp3) is 0.727. The maximum atomic E-state index is 15.0. The van der Waals surface area contributed by atoms with E-state index in [-0.39, 0.29) is 17.9 Å². The Morgan fingerprint density at radius 2 is 1.38 bits per heavy atom. The van der Waals surface area contributed by atoms with Gasteiger partial charge in [-0.15, -0.1) is 0 Å². The maximum absolute atomic E-state index is 15.0. The van der Waals surface area contributed by atoms with Crippen molar-refractivity contribution in [1.29, 1.82) is 0 Å². The summed E-state index contributed by atoms with van der Waals surface area (Å²) in [6.45, 7) is 1.44. The predicted molar refractivity (Wildman–Crippen MR) is 94.2 cm³/mol. The molecular formula is C22H28F4. The summed E-state index contributed by atoms with van der Waals surface area (Å²) in [6.07, 6.45) is 10.4. The van der Waals surface area contributed by atoms with Gasteiger partial charge < -0.3 is 0 Å². The van der Waals surface area contributed by atoms with E-state index in [1.165, 1.54) is 45.1 Å². The topological polar surface area (TPSA) is 0 Å². The van der Waals surface area contributed by atoms with Gasteiger partial charge in [-0.1, -0.05) is 38.2 Å². The Morgan fingerprint density at radius 1 is 0.808 bits per heavy atom. The largest absolute Gasteiger partial charge is 0.279 e. The smallest absolute Gasteiger partial charge is 0.203 e. The van der Waals surface area contributed by atoms with Gasteiger partial charge in [0.05, 0.1) is 5.56 Å². The van der Waals surface area contributed by atoms with Crippen LogP contribution < -0.4 is 0 Å².